The summed E-state index contributed by atoms with van der Waals surface area (Å²) in [5, 5.41) is 7.15. The summed E-state index contributed by atoms with van der Waals surface area (Å²) in [4.78, 5) is 0. The van der Waals surface area contributed by atoms with Crippen molar-refractivity contribution in [3.05, 3.63) is 34.1 Å². The van der Waals surface area contributed by atoms with E-state index in [0.717, 1.165) is 6.21 Å². The van der Waals surface area contributed by atoms with Gasteiger partial charge < -0.3 is 5.41 Å². The van der Waals surface area contributed by atoms with E-state index in [1.165, 1.54) is 0 Å². The average molecular weight is 172 g/mol. The van der Waals surface area contributed by atoms with Gasteiger partial charge in [-0.25, -0.2) is 4.39 Å². The molecule has 1 aromatic carbocycles. The molecule has 0 bridgehead atoms. The number of rotatable bonds is 1. The minimum atomic E-state index is -0.410. The molecule has 1 nitrogen and oxygen atoms in total. The Balaban J connectivity index is 3.40. The van der Waals surface area contributed by atoms with Crippen LogP contribution in [0, 0.1) is 18.2 Å². The topological polar surface area (TPSA) is 23.9 Å². The Kier molecular flexibility index (Phi) is 2.25. The van der Waals surface area contributed by atoms with E-state index in [9.17, 15) is 4.39 Å². The lowest BCUT2D eigenvalue weighted by atomic mass is 10.1. The van der Waals surface area contributed by atoms with Gasteiger partial charge in [0.05, 0.1) is 5.02 Å². The second-order valence-corrected chi connectivity index (χ2v) is 2.64. The van der Waals surface area contributed by atoms with E-state index in [0.29, 0.717) is 5.56 Å². The van der Waals surface area contributed by atoms with E-state index in [-0.39, 0.29) is 10.6 Å². The maximum Gasteiger partial charge on any atom is 0.136 e. The van der Waals surface area contributed by atoms with Crippen LogP contribution in [0.1, 0.15) is 11.1 Å². The average Bonchev–Trinajstić information content (AvgIpc) is 1.99. The lowest BCUT2D eigenvalue weighted by Crippen LogP contribution is -1.91. The van der Waals surface area contributed by atoms with E-state index in [2.05, 4.69) is 0 Å². The third-order valence-electron chi connectivity index (χ3n) is 1.46. The van der Waals surface area contributed by atoms with Gasteiger partial charge >= 0.3 is 0 Å². The van der Waals surface area contributed by atoms with E-state index in [1.807, 2.05) is 0 Å². The van der Waals surface area contributed by atoms with Crippen molar-refractivity contribution in [1.29, 1.82) is 5.41 Å². The van der Waals surface area contributed by atoms with Crippen LogP contribution < -0.4 is 0 Å². The van der Waals surface area contributed by atoms with Gasteiger partial charge in [-0.05, 0) is 18.6 Å². The third kappa shape index (κ3) is 1.40. The van der Waals surface area contributed by atoms with Crippen LogP contribution in [0.4, 0.5) is 4.39 Å². The van der Waals surface area contributed by atoms with Gasteiger partial charge in [0.15, 0.2) is 0 Å². The van der Waals surface area contributed by atoms with Crippen LogP contribution in [0.5, 0.6) is 0 Å². The maximum absolute atomic E-state index is 13.0. The first-order valence-corrected chi connectivity index (χ1v) is 3.49. The molecule has 1 N–H and O–H groups in total. The first-order valence-electron chi connectivity index (χ1n) is 3.12. The fourth-order valence-electron chi connectivity index (χ4n) is 0.811. The van der Waals surface area contributed by atoms with Crippen molar-refractivity contribution in [2.45, 2.75) is 6.92 Å². The molecule has 0 aliphatic rings. The standard InChI is InChI=1S/C8H7ClFN/c1-5-2-3-7(9)6(4-11)8(5)10/h2-4,11H,1H3. The zero-order valence-corrected chi connectivity index (χ0v) is 6.74. The van der Waals surface area contributed by atoms with Crippen LogP contribution in [-0.4, -0.2) is 6.21 Å². The molecule has 0 saturated heterocycles. The molecule has 3 heteroatoms. The van der Waals surface area contributed by atoms with Crippen LogP contribution in [0.25, 0.3) is 0 Å². The normalized spacial score (nSPS) is 9.73. The zero-order valence-electron chi connectivity index (χ0n) is 5.99. The quantitative estimate of drug-likeness (QED) is 0.629. The summed E-state index contributed by atoms with van der Waals surface area (Å²) in [5.74, 6) is -0.410. The van der Waals surface area contributed by atoms with Crippen molar-refractivity contribution >= 4 is 17.8 Å². The summed E-state index contributed by atoms with van der Waals surface area (Å²) in [6.45, 7) is 1.64. The summed E-state index contributed by atoms with van der Waals surface area (Å²) < 4.78 is 13.0. The van der Waals surface area contributed by atoms with Crippen molar-refractivity contribution < 1.29 is 4.39 Å². The van der Waals surface area contributed by atoms with Crippen molar-refractivity contribution in [2.24, 2.45) is 0 Å². The molecule has 1 rings (SSSR count). The number of hydrogen-bond donors (Lipinski definition) is 1. The van der Waals surface area contributed by atoms with Crippen molar-refractivity contribution in [2.75, 3.05) is 0 Å². The molecule has 0 unspecified atom stereocenters. The second kappa shape index (κ2) is 3.01. The molecule has 0 heterocycles. The van der Waals surface area contributed by atoms with Crippen LogP contribution in [-0.2, 0) is 0 Å². The Hall–Kier alpha value is -0.890. The van der Waals surface area contributed by atoms with Gasteiger partial charge in [-0.2, -0.15) is 0 Å². The highest BCUT2D eigenvalue weighted by Gasteiger charge is 2.06. The predicted molar refractivity (Wildman–Crippen MR) is 44.0 cm³/mol. The van der Waals surface area contributed by atoms with Gasteiger partial charge in [0.2, 0.25) is 0 Å². The van der Waals surface area contributed by atoms with Crippen LogP contribution >= 0.6 is 11.6 Å². The number of hydrogen-bond acceptors (Lipinski definition) is 1. The second-order valence-electron chi connectivity index (χ2n) is 2.24. The van der Waals surface area contributed by atoms with Crippen molar-refractivity contribution in [1.82, 2.24) is 0 Å². The Bertz CT molecular complexity index is 296. The minimum Gasteiger partial charge on any atom is -0.308 e. The van der Waals surface area contributed by atoms with Gasteiger partial charge in [0.25, 0.3) is 0 Å². The first kappa shape index (κ1) is 8.21. The Labute approximate surface area is 69.3 Å². The molecule has 11 heavy (non-hydrogen) atoms. The van der Waals surface area contributed by atoms with Crippen LogP contribution in [0.2, 0.25) is 5.02 Å². The largest absolute Gasteiger partial charge is 0.308 e. The van der Waals surface area contributed by atoms with Gasteiger partial charge in [-0.15, -0.1) is 0 Å². The number of halogens is 2. The first-order chi connectivity index (χ1) is 5.16. The van der Waals surface area contributed by atoms with Crippen molar-refractivity contribution in [3.63, 3.8) is 0 Å². The molecule has 58 valence electrons. The van der Waals surface area contributed by atoms with E-state index in [1.54, 1.807) is 19.1 Å². The lowest BCUT2D eigenvalue weighted by molar-refractivity contribution is 0.616. The van der Waals surface area contributed by atoms with E-state index < -0.39 is 5.82 Å². The fraction of sp³-hybridized carbons (Fsp3) is 0.125. The summed E-state index contributed by atoms with van der Waals surface area (Å²) in [6, 6.07) is 3.17. The van der Waals surface area contributed by atoms with E-state index >= 15 is 0 Å². The zero-order chi connectivity index (χ0) is 8.43. The molecule has 0 fully saturated rings. The molecule has 0 spiro atoms. The monoisotopic (exact) mass is 171 g/mol. The SMILES string of the molecule is Cc1ccc(Cl)c(C=N)c1F. The smallest absolute Gasteiger partial charge is 0.136 e. The highest BCUT2D eigenvalue weighted by atomic mass is 35.5. The molecule has 0 radical (unpaired) electrons. The lowest BCUT2D eigenvalue weighted by Gasteiger charge is -2.01. The molecule has 1 aromatic rings. The van der Waals surface area contributed by atoms with Crippen molar-refractivity contribution in [3.8, 4) is 0 Å². The van der Waals surface area contributed by atoms with Gasteiger partial charge in [-0.3, -0.25) is 0 Å². The molecule has 0 amide bonds. The van der Waals surface area contributed by atoms with Gasteiger partial charge in [0, 0.05) is 11.8 Å². The Morgan fingerprint density at radius 1 is 1.55 bits per heavy atom. The molecule has 0 saturated carbocycles. The predicted octanol–water partition coefficient (Wildman–Crippen LogP) is 2.79. The molecular weight excluding hydrogens is 165 g/mol. The molecule has 0 aliphatic heterocycles. The van der Waals surface area contributed by atoms with Crippen LogP contribution in [0.15, 0.2) is 12.1 Å². The minimum absolute atomic E-state index is 0.159. The number of nitrogens with one attached hydrogen (secondary N) is 1. The summed E-state index contributed by atoms with van der Waals surface area (Å²) in [5.41, 5.74) is 0.666. The maximum atomic E-state index is 13.0. The summed E-state index contributed by atoms with van der Waals surface area (Å²) >= 11 is 5.61. The highest BCUT2D eigenvalue weighted by Crippen LogP contribution is 2.19. The van der Waals surface area contributed by atoms with E-state index in [4.69, 9.17) is 17.0 Å². The molecule has 0 atom stereocenters. The molecule has 0 aromatic heterocycles. The highest BCUT2D eigenvalue weighted by molar-refractivity contribution is 6.33. The summed E-state index contributed by atoms with van der Waals surface area (Å²) in [7, 11) is 0. The number of benzene rings is 1. The Morgan fingerprint density at radius 2 is 2.18 bits per heavy atom. The van der Waals surface area contributed by atoms with Gasteiger partial charge in [0.1, 0.15) is 5.82 Å². The molecule has 0 aliphatic carbocycles. The number of aryl methyl sites for hydroxylation is 1. The van der Waals surface area contributed by atoms with Crippen LogP contribution in [0.3, 0.4) is 0 Å². The fourth-order valence-corrected chi connectivity index (χ4v) is 1.01. The molecular formula is C8H7ClFN. The summed E-state index contributed by atoms with van der Waals surface area (Å²) in [6.07, 6.45) is 0.921. The Morgan fingerprint density at radius 3 is 2.64 bits per heavy atom. The third-order valence-corrected chi connectivity index (χ3v) is 1.79. The van der Waals surface area contributed by atoms with Gasteiger partial charge in [-0.1, -0.05) is 17.7 Å².